The van der Waals surface area contributed by atoms with Crippen molar-refractivity contribution in [1.29, 1.82) is 0 Å². The Balaban J connectivity index is 1.84. The van der Waals surface area contributed by atoms with Gasteiger partial charge in [0.05, 0.1) is 5.56 Å². The molecule has 0 fully saturated rings. The maximum absolute atomic E-state index is 12.3. The Hall–Kier alpha value is -2.99. The molecule has 3 rings (SSSR count). The summed E-state index contributed by atoms with van der Waals surface area (Å²) >= 11 is 1.36. The molecule has 2 amide bonds. The molecule has 1 aromatic carbocycles. The van der Waals surface area contributed by atoms with E-state index in [1.807, 2.05) is 30.3 Å². The number of carbonyl (C=O) groups is 2. The van der Waals surface area contributed by atoms with Crippen LogP contribution in [0.15, 0.2) is 60.9 Å². The maximum Gasteiger partial charge on any atom is 0.256 e. The number of thiophene rings is 1. The van der Waals surface area contributed by atoms with Crippen LogP contribution in [0.5, 0.6) is 0 Å². The van der Waals surface area contributed by atoms with Crippen LogP contribution < -0.4 is 11.1 Å². The van der Waals surface area contributed by atoms with E-state index in [1.54, 1.807) is 30.6 Å². The molecule has 0 unspecified atom stereocenters. The van der Waals surface area contributed by atoms with Crippen molar-refractivity contribution in [2.45, 2.75) is 6.42 Å². The Morgan fingerprint density at radius 2 is 1.79 bits per heavy atom. The van der Waals surface area contributed by atoms with E-state index in [1.165, 1.54) is 11.3 Å². The largest absolute Gasteiger partial charge is 0.366 e. The topological polar surface area (TPSA) is 85.1 Å². The number of rotatable bonds is 5. The molecule has 0 atom stereocenters. The van der Waals surface area contributed by atoms with Crippen LogP contribution >= 0.6 is 11.3 Å². The summed E-state index contributed by atoms with van der Waals surface area (Å²) in [5.74, 6) is -0.858. The van der Waals surface area contributed by atoms with Crippen molar-refractivity contribution in [3.05, 3.63) is 82.5 Å². The third-order valence-corrected chi connectivity index (χ3v) is 4.49. The number of hydrogen-bond acceptors (Lipinski definition) is 4. The molecule has 0 spiro atoms. The van der Waals surface area contributed by atoms with E-state index in [0.29, 0.717) is 22.5 Å². The van der Waals surface area contributed by atoms with E-state index < -0.39 is 5.91 Å². The summed E-state index contributed by atoms with van der Waals surface area (Å²) in [6.45, 7) is 0. The van der Waals surface area contributed by atoms with E-state index in [9.17, 15) is 9.59 Å². The Morgan fingerprint density at radius 3 is 2.46 bits per heavy atom. The summed E-state index contributed by atoms with van der Waals surface area (Å²) < 4.78 is 0. The molecule has 0 aliphatic rings. The maximum atomic E-state index is 12.3. The van der Waals surface area contributed by atoms with Crippen LogP contribution in [0.4, 0.5) is 5.00 Å². The van der Waals surface area contributed by atoms with Gasteiger partial charge in [-0.05, 0) is 23.8 Å². The van der Waals surface area contributed by atoms with Crippen molar-refractivity contribution in [3.63, 3.8) is 0 Å². The zero-order valence-electron chi connectivity index (χ0n) is 12.7. The van der Waals surface area contributed by atoms with Gasteiger partial charge in [0.25, 0.3) is 11.8 Å². The van der Waals surface area contributed by atoms with Gasteiger partial charge in [0.2, 0.25) is 0 Å². The average Bonchev–Trinajstić information content (AvgIpc) is 2.99. The summed E-state index contributed by atoms with van der Waals surface area (Å²) in [4.78, 5) is 28.8. The van der Waals surface area contributed by atoms with Crippen molar-refractivity contribution >= 4 is 28.2 Å². The molecule has 0 aliphatic carbocycles. The standard InChI is InChI=1S/C18H15N3O2S/c19-16(22)15-11-14(10-12-4-2-1-3-5-12)24-18(15)21-17(23)13-6-8-20-9-7-13/h1-9,11H,10H2,(H2,19,22)(H,21,23). The normalized spacial score (nSPS) is 10.3. The van der Waals surface area contributed by atoms with Crippen LogP contribution in [0.25, 0.3) is 0 Å². The van der Waals surface area contributed by atoms with Crippen molar-refractivity contribution < 1.29 is 9.59 Å². The second-order valence-electron chi connectivity index (χ2n) is 5.17. The first-order chi connectivity index (χ1) is 11.6. The molecular weight excluding hydrogens is 322 g/mol. The summed E-state index contributed by atoms with van der Waals surface area (Å²) in [6.07, 6.45) is 3.76. The summed E-state index contributed by atoms with van der Waals surface area (Å²) in [5, 5.41) is 3.23. The van der Waals surface area contributed by atoms with E-state index in [-0.39, 0.29) is 5.91 Å². The molecule has 6 heteroatoms. The number of pyridine rings is 1. The molecule has 5 nitrogen and oxygen atoms in total. The fourth-order valence-corrected chi connectivity index (χ4v) is 3.37. The Morgan fingerprint density at radius 1 is 1.08 bits per heavy atom. The van der Waals surface area contributed by atoms with Gasteiger partial charge in [-0.15, -0.1) is 11.3 Å². The van der Waals surface area contributed by atoms with Gasteiger partial charge in [-0.3, -0.25) is 14.6 Å². The number of primary amides is 1. The summed E-state index contributed by atoms with van der Waals surface area (Å²) in [7, 11) is 0. The SMILES string of the molecule is NC(=O)c1cc(Cc2ccccc2)sc1NC(=O)c1ccncc1. The highest BCUT2D eigenvalue weighted by Gasteiger charge is 2.17. The molecule has 0 radical (unpaired) electrons. The number of amides is 2. The summed E-state index contributed by atoms with van der Waals surface area (Å²) in [5.41, 5.74) is 7.37. The average molecular weight is 337 g/mol. The van der Waals surface area contributed by atoms with Crippen LogP contribution in [0.3, 0.4) is 0 Å². The van der Waals surface area contributed by atoms with Gasteiger partial charge in [0.15, 0.2) is 0 Å². The van der Waals surface area contributed by atoms with Crippen LogP contribution in [0.1, 0.15) is 31.2 Å². The first kappa shape index (κ1) is 15.9. The second kappa shape index (κ2) is 7.06. The van der Waals surface area contributed by atoms with Gasteiger partial charge >= 0.3 is 0 Å². The fourth-order valence-electron chi connectivity index (χ4n) is 2.28. The molecular formula is C18H15N3O2S. The highest BCUT2D eigenvalue weighted by Crippen LogP contribution is 2.30. The fraction of sp³-hybridized carbons (Fsp3) is 0.0556. The molecule has 0 aliphatic heterocycles. The van der Waals surface area contributed by atoms with Crippen LogP contribution in [0, 0.1) is 0 Å². The van der Waals surface area contributed by atoms with E-state index in [0.717, 1.165) is 10.4 Å². The zero-order valence-corrected chi connectivity index (χ0v) is 13.5. The lowest BCUT2D eigenvalue weighted by atomic mass is 10.1. The van der Waals surface area contributed by atoms with E-state index >= 15 is 0 Å². The first-order valence-corrected chi connectivity index (χ1v) is 8.13. The lowest BCUT2D eigenvalue weighted by Crippen LogP contribution is -2.16. The molecule has 120 valence electrons. The van der Waals surface area contributed by atoms with Crippen molar-refractivity contribution in [2.24, 2.45) is 5.73 Å². The number of nitrogens with one attached hydrogen (secondary N) is 1. The number of aromatic nitrogens is 1. The van der Waals surface area contributed by atoms with Crippen molar-refractivity contribution in [3.8, 4) is 0 Å². The van der Waals surface area contributed by atoms with Crippen LogP contribution in [0.2, 0.25) is 0 Å². The number of hydrogen-bond donors (Lipinski definition) is 2. The molecule has 0 bridgehead atoms. The molecule has 0 saturated heterocycles. The van der Waals surface area contributed by atoms with Crippen molar-refractivity contribution in [2.75, 3.05) is 5.32 Å². The molecule has 2 heterocycles. The first-order valence-electron chi connectivity index (χ1n) is 7.31. The third-order valence-electron chi connectivity index (χ3n) is 3.44. The van der Waals surface area contributed by atoms with Gasteiger partial charge in [-0.2, -0.15) is 0 Å². The highest BCUT2D eigenvalue weighted by atomic mass is 32.1. The predicted molar refractivity (Wildman–Crippen MR) is 94.3 cm³/mol. The van der Waals surface area contributed by atoms with E-state index in [4.69, 9.17) is 5.73 Å². The smallest absolute Gasteiger partial charge is 0.256 e. The van der Waals surface area contributed by atoms with Gasteiger partial charge in [-0.25, -0.2) is 0 Å². The minimum absolute atomic E-state index is 0.298. The third kappa shape index (κ3) is 3.67. The lowest BCUT2D eigenvalue weighted by molar-refractivity contribution is 0.100. The molecule has 3 aromatic rings. The van der Waals surface area contributed by atoms with E-state index in [2.05, 4.69) is 10.3 Å². The van der Waals surface area contributed by atoms with Crippen LogP contribution in [-0.4, -0.2) is 16.8 Å². The zero-order chi connectivity index (χ0) is 16.9. The molecule has 3 N–H and O–H groups in total. The van der Waals surface area contributed by atoms with Crippen LogP contribution in [-0.2, 0) is 6.42 Å². The van der Waals surface area contributed by atoms with Crippen molar-refractivity contribution in [1.82, 2.24) is 4.98 Å². The predicted octanol–water partition coefficient (Wildman–Crippen LogP) is 3.09. The number of anilines is 1. The number of nitrogens with zero attached hydrogens (tertiary/aromatic N) is 1. The molecule has 2 aromatic heterocycles. The highest BCUT2D eigenvalue weighted by molar-refractivity contribution is 7.16. The quantitative estimate of drug-likeness (QED) is 0.750. The van der Waals surface area contributed by atoms with Gasteiger partial charge in [-0.1, -0.05) is 30.3 Å². The number of benzene rings is 1. The molecule has 0 saturated carbocycles. The number of carbonyl (C=O) groups excluding carboxylic acids is 2. The minimum Gasteiger partial charge on any atom is -0.366 e. The second-order valence-corrected chi connectivity index (χ2v) is 6.31. The van der Waals surface area contributed by atoms with Gasteiger partial charge in [0.1, 0.15) is 5.00 Å². The Bertz CT molecular complexity index is 860. The minimum atomic E-state index is -0.560. The Kier molecular flexibility index (Phi) is 4.67. The Labute approximate surface area is 143 Å². The lowest BCUT2D eigenvalue weighted by Gasteiger charge is -2.04. The number of nitrogens with two attached hydrogens (primary N) is 1. The molecule has 24 heavy (non-hydrogen) atoms. The van der Waals surface area contributed by atoms with Gasteiger partial charge < -0.3 is 11.1 Å². The van der Waals surface area contributed by atoms with Gasteiger partial charge in [0, 0.05) is 29.3 Å². The monoisotopic (exact) mass is 337 g/mol. The summed E-state index contributed by atoms with van der Waals surface area (Å²) in [6, 6.07) is 14.9.